The summed E-state index contributed by atoms with van der Waals surface area (Å²) in [6.07, 6.45) is 0.282. The zero-order chi connectivity index (χ0) is 4.41. The first kappa shape index (κ1) is 4.05. The van der Waals surface area contributed by atoms with Crippen molar-refractivity contribution in [2.24, 2.45) is 0 Å². The van der Waals surface area contributed by atoms with E-state index in [1.165, 1.54) is 0 Å². The van der Waals surface area contributed by atoms with Crippen molar-refractivity contribution in [1.82, 2.24) is 5.48 Å². The number of hydrogen-bond acceptors (Lipinski definition) is 3. The van der Waals surface area contributed by atoms with Crippen molar-refractivity contribution in [3.05, 3.63) is 0 Å². The molecule has 0 aromatic carbocycles. The van der Waals surface area contributed by atoms with Crippen LogP contribution in [0.3, 0.4) is 0 Å². The van der Waals surface area contributed by atoms with Gasteiger partial charge in [-0.1, -0.05) is 0 Å². The van der Waals surface area contributed by atoms with E-state index >= 15 is 0 Å². The van der Waals surface area contributed by atoms with Gasteiger partial charge in [-0.05, 0) is 0 Å². The summed E-state index contributed by atoms with van der Waals surface area (Å²) >= 11 is 0. The smallest absolute Gasteiger partial charge is 0.129 e. The Labute approximate surface area is 35.9 Å². The van der Waals surface area contributed by atoms with E-state index in [4.69, 9.17) is 5.11 Å². The molecule has 1 rings (SSSR count). The van der Waals surface area contributed by atoms with Crippen LogP contribution in [0.4, 0.5) is 0 Å². The molecule has 0 spiro atoms. The second-order valence-electron chi connectivity index (χ2n) is 1.27. The lowest BCUT2D eigenvalue weighted by molar-refractivity contribution is 0.0251. The van der Waals surface area contributed by atoms with Crippen LogP contribution in [0.2, 0.25) is 0 Å². The molecule has 36 valence electrons. The van der Waals surface area contributed by atoms with Gasteiger partial charge in [0.15, 0.2) is 0 Å². The van der Waals surface area contributed by atoms with E-state index in [-0.39, 0.29) is 0 Å². The highest BCUT2D eigenvalue weighted by Gasteiger charge is 2.08. The molecule has 1 fully saturated rings. The first-order valence-corrected chi connectivity index (χ1v) is 1.95. The number of aliphatic hydroxyl groups is 1. The molecule has 1 heterocycles. The number of hydroxylamine groups is 1. The first-order chi connectivity index (χ1) is 2.89. The second kappa shape index (κ2) is 1.55. The number of hydrogen-bond donors (Lipinski definition) is 2. The Morgan fingerprint density at radius 2 is 2.67 bits per heavy atom. The van der Waals surface area contributed by atoms with Gasteiger partial charge in [0, 0.05) is 6.42 Å². The van der Waals surface area contributed by atoms with E-state index in [1.807, 2.05) is 0 Å². The zero-order valence-corrected chi connectivity index (χ0v) is 3.35. The number of aliphatic hydroxyl groups excluding tert-OH is 1. The predicted octanol–water partition coefficient (Wildman–Crippen LogP) is -0.770. The van der Waals surface area contributed by atoms with Gasteiger partial charge in [0.2, 0.25) is 0 Å². The Morgan fingerprint density at radius 3 is 2.83 bits per heavy atom. The Kier molecular flexibility index (Phi) is 1.05. The minimum atomic E-state index is -0.426. The first-order valence-electron chi connectivity index (χ1n) is 1.95. The molecule has 0 aromatic heterocycles. The lowest BCUT2D eigenvalue weighted by atomic mass is 10.4. The van der Waals surface area contributed by atoms with Gasteiger partial charge >= 0.3 is 0 Å². The van der Waals surface area contributed by atoms with Crippen LogP contribution in [0.5, 0.6) is 0 Å². The summed E-state index contributed by atoms with van der Waals surface area (Å²) < 4.78 is 0. The highest BCUT2D eigenvalue weighted by molar-refractivity contribution is 4.49. The van der Waals surface area contributed by atoms with Gasteiger partial charge in [0.25, 0.3) is 0 Å². The average Bonchev–Trinajstić information content (AvgIpc) is 1.86. The van der Waals surface area contributed by atoms with Crippen LogP contribution in [0.15, 0.2) is 0 Å². The fourth-order valence-electron chi connectivity index (χ4n) is 0.385. The van der Waals surface area contributed by atoms with E-state index < -0.39 is 6.23 Å². The quantitative estimate of drug-likeness (QED) is 0.409. The summed E-state index contributed by atoms with van der Waals surface area (Å²) in [6.45, 7) is 0.626. The molecule has 1 aliphatic rings. The van der Waals surface area contributed by atoms with Gasteiger partial charge in [-0.25, -0.2) is 0 Å². The molecule has 0 saturated carbocycles. The third kappa shape index (κ3) is 0.680. The summed E-state index contributed by atoms with van der Waals surface area (Å²) in [5, 5.41) is 8.49. The molecule has 0 radical (unpaired) electrons. The minimum absolute atomic E-state index is 0.426. The van der Waals surface area contributed by atoms with Crippen LogP contribution < -0.4 is 5.48 Å². The molecule has 3 heteroatoms. The van der Waals surface area contributed by atoms with Crippen LogP contribution in [0.1, 0.15) is 6.42 Å². The van der Waals surface area contributed by atoms with Crippen LogP contribution in [0.25, 0.3) is 0 Å². The van der Waals surface area contributed by atoms with Gasteiger partial charge in [0.05, 0.1) is 6.61 Å². The van der Waals surface area contributed by atoms with Crippen molar-refractivity contribution in [1.29, 1.82) is 0 Å². The maximum Gasteiger partial charge on any atom is 0.129 e. The van der Waals surface area contributed by atoms with Crippen LogP contribution in [-0.4, -0.2) is 17.9 Å². The lowest BCUT2D eigenvalue weighted by Crippen LogP contribution is -2.18. The van der Waals surface area contributed by atoms with Crippen molar-refractivity contribution in [2.75, 3.05) is 6.61 Å². The average molecular weight is 89.1 g/mol. The summed E-state index contributed by atoms with van der Waals surface area (Å²) in [4.78, 5) is 4.56. The Morgan fingerprint density at radius 1 is 1.83 bits per heavy atom. The van der Waals surface area contributed by atoms with Gasteiger partial charge in [-0.2, -0.15) is 5.48 Å². The molecule has 3 nitrogen and oxygen atoms in total. The molecule has 0 aliphatic carbocycles. The molecule has 0 bridgehead atoms. The number of rotatable bonds is 0. The summed E-state index contributed by atoms with van der Waals surface area (Å²) in [7, 11) is 0. The Balaban J connectivity index is 2.18. The van der Waals surface area contributed by atoms with Crippen molar-refractivity contribution < 1.29 is 9.94 Å². The van der Waals surface area contributed by atoms with Crippen LogP contribution in [0, 0.1) is 0 Å². The maximum absolute atomic E-state index is 8.49. The molecular weight excluding hydrogens is 82.0 g/mol. The molecule has 1 aliphatic heterocycles. The fourth-order valence-corrected chi connectivity index (χ4v) is 0.385. The monoisotopic (exact) mass is 89.0 g/mol. The third-order valence-corrected chi connectivity index (χ3v) is 0.713. The van der Waals surface area contributed by atoms with E-state index in [2.05, 4.69) is 10.3 Å². The second-order valence-corrected chi connectivity index (χ2v) is 1.27. The molecule has 1 atom stereocenters. The molecule has 2 N–H and O–H groups in total. The summed E-state index contributed by atoms with van der Waals surface area (Å²) in [6, 6.07) is 0. The van der Waals surface area contributed by atoms with Gasteiger partial charge < -0.3 is 5.11 Å². The predicted molar refractivity (Wildman–Crippen MR) is 19.7 cm³/mol. The molecule has 1 unspecified atom stereocenters. The van der Waals surface area contributed by atoms with E-state index in [0.717, 1.165) is 0 Å². The highest BCUT2D eigenvalue weighted by atomic mass is 16.7. The summed E-state index contributed by atoms with van der Waals surface area (Å²) in [5.74, 6) is 0. The highest BCUT2D eigenvalue weighted by Crippen LogP contribution is 1.93. The van der Waals surface area contributed by atoms with Gasteiger partial charge in [-0.15, -0.1) is 0 Å². The van der Waals surface area contributed by atoms with E-state index in [0.29, 0.717) is 13.0 Å². The van der Waals surface area contributed by atoms with Crippen molar-refractivity contribution in [2.45, 2.75) is 12.6 Å². The van der Waals surface area contributed by atoms with Crippen LogP contribution in [-0.2, 0) is 4.84 Å². The Bertz CT molecular complexity index is 42.1. The van der Waals surface area contributed by atoms with Crippen molar-refractivity contribution in [3.63, 3.8) is 0 Å². The minimum Gasteiger partial charge on any atom is -0.376 e. The topological polar surface area (TPSA) is 41.5 Å². The Hall–Kier alpha value is -0.120. The van der Waals surface area contributed by atoms with Crippen LogP contribution >= 0.6 is 0 Å². The molecule has 1 saturated heterocycles. The molecule has 0 aromatic rings. The normalized spacial score (nSPS) is 34.5. The van der Waals surface area contributed by atoms with Gasteiger partial charge in [0.1, 0.15) is 6.23 Å². The maximum atomic E-state index is 8.49. The number of nitrogens with one attached hydrogen (secondary N) is 1. The molecular formula is C3H7NO2. The van der Waals surface area contributed by atoms with Gasteiger partial charge in [-0.3, -0.25) is 4.84 Å². The fraction of sp³-hybridized carbons (Fsp3) is 1.00. The van der Waals surface area contributed by atoms with E-state index in [9.17, 15) is 0 Å². The van der Waals surface area contributed by atoms with Crippen molar-refractivity contribution >= 4 is 0 Å². The SMILES string of the molecule is OC1CCON1. The lowest BCUT2D eigenvalue weighted by Gasteiger charge is -1.92. The summed E-state index contributed by atoms with van der Waals surface area (Å²) in [5.41, 5.74) is 2.38. The largest absolute Gasteiger partial charge is 0.376 e. The standard InChI is InChI=1S/C3H7NO2/c5-3-1-2-6-4-3/h3-5H,1-2H2. The molecule has 0 amide bonds. The zero-order valence-electron chi connectivity index (χ0n) is 3.35. The molecule has 6 heavy (non-hydrogen) atoms. The van der Waals surface area contributed by atoms with Crippen molar-refractivity contribution in [3.8, 4) is 0 Å². The van der Waals surface area contributed by atoms with E-state index in [1.54, 1.807) is 0 Å². The third-order valence-electron chi connectivity index (χ3n) is 0.713.